The molecule has 4 aliphatic rings. The molecule has 4 aliphatic heterocycles. The van der Waals surface area contributed by atoms with Gasteiger partial charge in [-0.1, -0.05) is 43.3 Å². The highest BCUT2D eigenvalue weighted by atomic mass is 35.5. The van der Waals surface area contributed by atoms with E-state index in [2.05, 4.69) is 29.4 Å². The van der Waals surface area contributed by atoms with Gasteiger partial charge >= 0.3 is 6.01 Å². The summed E-state index contributed by atoms with van der Waals surface area (Å²) in [6, 6.07) is 10.5. The van der Waals surface area contributed by atoms with E-state index in [9.17, 15) is 23.2 Å². The van der Waals surface area contributed by atoms with E-state index in [-0.39, 0.29) is 37.2 Å². The number of nitriles is 1. The summed E-state index contributed by atoms with van der Waals surface area (Å²) in [5, 5.41) is 11.1. The monoisotopic (exact) mass is 679 g/mol. The number of anilines is 2. The second-order valence-electron chi connectivity index (χ2n) is 13.6. The van der Waals surface area contributed by atoms with Crippen LogP contribution in [0.5, 0.6) is 6.01 Å². The molecule has 252 valence electrons. The lowest BCUT2D eigenvalue weighted by molar-refractivity contribution is -0.131. The Balaban J connectivity index is 1.24. The molecule has 0 bridgehead atoms. The number of ether oxygens (including phenoxy) is 1. The number of carbonyl (C=O) groups is 1. The van der Waals surface area contributed by atoms with Crippen molar-refractivity contribution in [3.05, 3.63) is 64.8 Å². The van der Waals surface area contributed by atoms with Crippen molar-refractivity contribution in [1.82, 2.24) is 19.8 Å². The van der Waals surface area contributed by atoms with Gasteiger partial charge in [-0.15, -0.1) is 0 Å². The number of benzene rings is 2. The molecular weight excluding hydrogens is 643 g/mol. The Kier molecular flexibility index (Phi) is 8.62. The maximum Gasteiger partial charge on any atom is 0.318 e. The first-order chi connectivity index (χ1) is 23.1. The number of aromatic nitrogens is 2. The molecule has 3 fully saturated rings. The molecule has 0 saturated carbocycles. The Morgan fingerprint density at radius 2 is 1.98 bits per heavy atom. The van der Waals surface area contributed by atoms with Gasteiger partial charge in [-0.3, -0.25) is 9.69 Å². The standard InChI is InChI=1S/C35H37ClF3N7O2/c1-21-14-35(15-24(38)17-45(35)16-21)20-48-34-41-28-19-43(29-5-3-4-23-6-7-27(39)31(36)30(23)29)11-9-26(28)32(42-34)44-12-13-46(33(47)22(2)37)25(18-44)8-10-40/h3-7,21,24-25H,2,8-9,11-20H2,1H3/t21?,24?,25-,35?/m0/s1. The molecule has 2 aromatic carbocycles. The lowest BCUT2D eigenvalue weighted by Gasteiger charge is -2.42. The van der Waals surface area contributed by atoms with E-state index < -0.39 is 35.3 Å². The van der Waals surface area contributed by atoms with Gasteiger partial charge in [-0.25, -0.2) is 13.2 Å². The highest BCUT2D eigenvalue weighted by Crippen LogP contribution is 2.43. The van der Waals surface area contributed by atoms with Gasteiger partial charge in [0, 0.05) is 62.3 Å². The minimum atomic E-state index is -1.06. The van der Waals surface area contributed by atoms with E-state index in [0.717, 1.165) is 35.3 Å². The Hall–Kier alpha value is -4.08. The van der Waals surface area contributed by atoms with E-state index in [4.69, 9.17) is 26.3 Å². The molecule has 7 rings (SSSR count). The SMILES string of the molecule is C=C(F)C(=O)N1CCN(c2nc(OCC34CC(C)CN3CC(F)C4)nc3c2CCN(c2cccc4ccc(F)c(Cl)c24)C3)C[C@@H]1CC#N. The molecule has 4 atom stereocenters. The first kappa shape index (κ1) is 32.5. The molecule has 1 amide bonds. The molecular formula is C35H37ClF3N7O2. The highest BCUT2D eigenvalue weighted by molar-refractivity contribution is 6.36. The molecule has 48 heavy (non-hydrogen) atoms. The maximum atomic E-state index is 14.6. The average Bonchev–Trinajstić information content (AvgIpc) is 3.54. The molecule has 0 spiro atoms. The van der Waals surface area contributed by atoms with Crippen LogP contribution in [0.1, 0.15) is 37.4 Å². The van der Waals surface area contributed by atoms with E-state index in [1.807, 2.05) is 23.1 Å². The number of fused-ring (bicyclic) bond motifs is 3. The van der Waals surface area contributed by atoms with Crippen molar-refractivity contribution in [3.63, 3.8) is 0 Å². The van der Waals surface area contributed by atoms with Gasteiger partial charge in [-0.2, -0.15) is 15.2 Å². The summed E-state index contributed by atoms with van der Waals surface area (Å²) in [6.07, 6.45) is 0.870. The number of piperazine rings is 1. The minimum absolute atomic E-state index is 0.0132. The van der Waals surface area contributed by atoms with Crippen molar-refractivity contribution in [2.75, 3.05) is 55.7 Å². The molecule has 13 heteroatoms. The zero-order chi connectivity index (χ0) is 33.7. The molecule has 0 aliphatic carbocycles. The van der Waals surface area contributed by atoms with Crippen molar-refractivity contribution in [2.24, 2.45) is 5.92 Å². The quantitative estimate of drug-likeness (QED) is 0.299. The third-order valence-corrected chi connectivity index (χ3v) is 10.7. The molecule has 3 aromatic rings. The van der Waals surface area contributed by atoms with Crippen LogP contribution >= 0.6 is 11.6 Å². The lowest BCUT2D eigenvalue weighted by atomic mass is 9.91. The number of hydrogen-bond acceptors (Lipinski definition) is 8. The number of alkyl halides is 1. The largest absolute Gasteiger partial charge is 0.461 e. The van der Waals surface area contributed by atoms with Crippen molar-refractivity contribution in [1.29, 1.82) is 5.26 Å². The maximum absolute atomic E-state index is 14.6. The van der Waals surface area contributed by atoms with Crippen molar-refractivity contribution in [3.8, 4) is 12.1 Å². The van der Waals surface area contributed by atoms with E-state index in [1.54, 1.807) is 6.07 Å². The predicted octanol–water partition coefficient (Wildman–Crippen LogP) is 5.60. The Morgan fingerprint density at radius 3 is 2.77 bits per heavy atom. The summed E-state index contributed by atoms with van der Waals surface area (Å²) in [6.45, 7) is 8.53. The summed E-state index contributed by atoms with van der Waals surface area (Å²) in [5.74, 6) is -1.32. The minimum Gasteiger partial charge on any atom is -0.461 e. The third kappa shape index (κ3) is 5.81. The van der Waals surface area contributed by atoms with Gasteiger partial charge in [0.2, 0.25) is 0 Å². The summed E-state index contributed by atoms with van der Waals surface area (Å²) >= 11 is 6.50. The van der Waals surface area contributed by atoms with Crippen LogP contribution in [0.3, 0.4) is 0 Å². The zero-order valence-electron chi connectivity index (χ0n) is 26.8. The van der Waals surface area contributed by atoms with Crippen LogP contribution in [0, 0.1) is 23.1 Å². The molecule has 3 unspecified atom stereocenters. The number of carbonyl (C=O) groups excluding carboxylic acids is 1. The van der Waals surface area contributed by atoms with Gasteiger partial charge in [0.25, 0.3) is 5.91 Å². The van der Waals surface area contributed by atoms with Crippen LogP contribution in [0.4, 0.5) is 24.7 Å². The van der Waals surface area contributed by atoms with Crippen LogP contribution < -0.4 is 14.5 Å². The first-order valence-corrected chi connectivity index (χ1v) is 16.8. The molecule has 0 N–H and O–H groups in total. The van der Waals surface area contributed by atoms with Crippen LogP contribution in [0.15, 0.2) is 42.7 Å². The van der Waals surface area contributed by atoms with Gasteiger partial charge in [0.15, 0.2) is 5.83 Å². The number of amides is 1. The Morgan fingerprint density at radius 1 is 1.15 bits per heavy atom. The third-order valence-electron chi connectivity index (χ3n) is 10.3. The van der Waals surface area contributed by atoms with Crippen molar-refractivity contribution in [2.45, 2.75) is 56.9 Å². The topological polar surface area (TPSA) is 88.8 Å². The van der Waals surface area contributed by atoms with Crippen LogP contribution in [-0.2, 0) is 17.8 Å². The fourth-order valence-electron chi connectivity index (χ4n) is 8.24. The van der Waals surface area contributed by atoms with Gasteiger partial charge in [-0.05, 0) is 36.3 Å². The fourth-order valence-corrected chi connectivity index (χ4v) is 8.51. The smallest absolute Gasteiger partial charge is 0.318 e. The second kappa shape index (κ2) is 12.7. The van der Waals surface area contributed by atoms with Crippen molar-refractivity contribution >= 4 is 39.8 Å². The van der Waals surface area contributed by atoms with E-state index in [0.29, 0.717) is 56.1 Å². The van der Waals surface area contributed by atoms with Gasteiger partial charge in [0.1, 0.15) is 24.4 Å². The van der Waals surface area contributed by atoms with E-state index in [1.165, 1.54) is 11.0 Å². The Labute approximate surface area is 282 Å². The number of hydrogen-bond donors (Lipinski definition) is 0. The number of halogens is 4. The number of rotatable bonds is 7. The van der Waals surface area contributed by atoms with E-state index >= 15 is 0 Å². The Bertz CT molecular complexity index is 1800. The van der Waals surface area contributed by atoms with Crippen LogP contribution in [0.25, 0.3) is 10.8 Å². The normalized spacial score (nSPS) is 25.6. The van der Waals surface area contributed by atoms with Gasteiger partial charge < -0.3 is 19.4 Å². The fraction of sp³-hybridized carbons (Fsp3) is 0.486. The summed E-state index contributed by atoms with van der Waals surface area (Å²) < 4.78 is 49.5. The lowest BCUT2D eigenvalue weighted by Crippen LogP contribution is -2.55. The second-order valence-corrected chi connectivity index (χ2v) is 13.9. The highest BCUT2D eigenvalue weighted by Gasteiger charge is 2.51. The first-order valence-electron chi connectivity index (χ1n) is 16.4. The number of nitrogens with zero attached hydrogens (tertiary/aromatic N) is 7. The molecule has 5 heterocycles. The van der Waals surface area contributed by atoms with Crippen LogP contribution in [0.2, 0.25) is 5.02 Å². The summed E-state index contributed by atoms with van der Waals surface area (Å²) in [7, 11) is 0. The summed E-state index contributed by atoms with van der Waals surface area (Å²) in [5.41, 5.74) is 1.99. The predicted molar refractivity (Wildman–Crippen MR) is 177 cm³/mol. The van der Waals surface area contributed by atoms with Crippen LogP contribution in [-0.4, -0.2) is 89.3 Å². The van der Waals surface area contributed by atoms with Crippen molar-refractivity contribution < 1.29 is 22.7 Å². The molecule has 9 nitrogen and oxygen atoms in total. The molecule has 3 saturated heterocycles. The molecule has 0 radical (unpaired) electrons. The average molecular weight is 680 g/mol. The molecule has 1 aromatic heterocycles. The van der Waals surface area contributed by atoms with Gasteiger partial charge in [0.05, 0.1) is 41.3 Å². The summed E-state index contributed by atoms with van der Waals surface area (Å²) in [4.78, 5) is 30.1. The zero-order valence-corrected chi connectivity index (χ0v) is 27.5.